The summed E-state index contributed by atoms with van der Waals surface area (Å²) in [4.78, 5) is 0. The quantitative estimate of drug-likeness (QED) is 0.514. The first kappa shape index (κ1) is 6.16. The maximum absolute atomic E-state index is 7.12. The van der Waals surface area contributed by atoms with E-state index < -0.39 is 0 Å². The maximum Gasteiger partial charge on any atom is 0.0755 e. The molecule has 0 amide bonds. The van der Waals surface area contributed by atoms with E-state index in [0.717, 1.165) is 12.8 Å². The van der Waals surface area contributed by atoms with Crippen LogP contribution in [0.5, 0.6) is 0 Å². The van der Waals surface area contributed by atoms with Gasteiger partial charge in [-0.3, -0.25) is 10.8 Å². The molecule has 0 bridgehead atoms. The first-order valence-electron chi connectivity index (χ1n) is 2.28. The lowest BCUT2D eigenvalue weighted by Gasteiger charge is -2.08. The summed E-state index contributed by atoms with van der Waals surface area (Å²) in [7, 11) is 2.80. The van der Waals surface area contributed by atoms with Crippen LogP contribution in [0.15, 0.2) is 0 Å². The fourth-order valence-corrected chi connectivity index (χ4v) is 2.09. The van der Waals surface area contributed by atoms with Crippen LogP contribution in [0.2, 0.25) is 0 Å². The van der Waals surface area contributed by atoms with E-state index in [4.69, 9.17) is 10.8 Å². The fourth-order valence-electron chi connectivity index (χ4n) is 0.411. The van der Waals surface area contributed by atoms with Crippen LogP contribution in [-0.4, -0.2) is 10.1 Å². The highest BCUT2D eigenvalue weighted by Crippen LogP contribution is 2.31. The predicted octanol–water partition coefficient (Wildman–Crippen LogP) is 2.12. The standard InChI is InChI=1S/C4H6N2S2/c5-3-1-2-4(6)8-7-3/h5-6H,1-2H2. The van der Waals surface area contributed by atoms with E-state index in [1.54, 1.807) is 0 Å². The second kappa shape index (κ2) is 2.55. The van der Waals surface area contributed by atoms with Crippen LogP contribution in [0.4, 0.5) is 0 Å². The van der Waals surface area contributed by atoms with Crippen molar-refractivity contribution in [2.45, 2.75) is 12.8 Å². The Bertz CT molecular complexity index is 104. The topological polar surface area (TPSA) is 47.7 Å². The average Bonchev–Trinajstić information content (AvgIpc) is 1.77. The number of hydrogen-bond donors (Lipinski definition) is 2. The Morgan fingerprint density at radius 1 is 1.00 bits per heavy atom. The van der Waals surface area contributed by atoms with Crippen LogP contribution in [0.3, 0.4) is 0 Å². The number of nitrogens with one attached hydrogen (secondary N) is 2. The SMILES string of the molecule is N=C1CCC(=N)SS1. The highest BCUT2D eigenvalue weighted by atomic mass is 33.1. The molecule has 0 spiro atoms. The van der Waals surface area contributed by atoms with Gasteiger partial charge in [0.25, 0.3) is 0 Å². The summed E-state index contributed by atoms with van der Waals surface area (Å²) < 4.78 is 0. The Morgan fingerprint density at radius 2 is 1.38 bits per heavy atom. The van der Waals surface area contributed by atoms with Crippen molar-refractivity contribution >= 4 is 31.7 Å². The van der Waals surface area contributed by atoms with Gasteiger partial charge in [-0.25, -0.2) is 0 Å². The summed E-state index contributed by atoms with van der Waals surface area (Å²) in [5, 5.41) is 15.6. The second-order valence-corrected chi connectivity index (χ2v) is 3.83. The fraction of sp³-hybridized carbons (Fsp3) is 0.500. The van der Waals surface area contributed by atoms with Gasteiger partial charge in [-0.2, -0.15) is 0 Å². The Morgan fingerprint density at radius 3 is 1.62 bits per heavy atom. The van der Waals surface area contributed by atoms with Gasteiger partial charge in [0.15, 0.2) is 0 Å². The number of rotatable bonds is 0. The first-order chi connectivity index (χ1) is 3.79. The summed E-state index contributed by atoms with van der Waals surface area (Å²) in [6.45, 7) is 0. The second-order valence-electron chi connectivity index (χ2n) is 1.51. The van der Waals surface area contributed by atoms with E-state index in [0.29, 0.717) is 10.1 Å². The van der Waals surface area contributed by atoms with Gasteiger partial charge in [0, 0.05) is 12.8 Å². The summed E-state index contributed by atoms with van der Waals surface area (Å²) in [5.74, 6) is 0. The van der Waals surface area contributed by atoms with Gasteiger partial charge in [0.05, 0.1) is 10.1 Å². The van der Waals surface area contributed by atoms with Crippen molar-refractivity contribution in [3.63, 3.8) is 0 Å². The maximum atomic E-state index is 7.12. The van der Waals surface area contributed by atoms with Gasteiger partial charge in [-0.05, 0) is 21.6 Å². The van der Waals surface area contributed by atoms with Crippen molar-refractivity contribution in [1.29, 1.82) is 10.8 Å². The molecule has 2 nitrogen and oxygen atoms in total. The minimum Gasteiger partial charge on any atom is -0.298 e. The van der Waals surface area contributed by atoms with E-state index >= 15 is 0 Å². The molecular weight excluding hydrogens is 140 g/mol. The minimum atomic E-state index is 0.700. The van der Waals surface area contributed by atoms with Gasteiger partial charge >= 0.3 is 0 Å². The van der Waals surface area contributed by atoms with Gasteiger partial charge in [0.2, 0.25) is 0 Å². The van der Waals surface area contributed by atoms with Crippen molar-refractivity contribution in [3.8, 4) is 0 Å². The van der Waals surface area contributed by atoms with Crippen LogP contribution in [0.25, 0.3) is 0 Å². The lowest BCUT2D eigenvalue weighted by molar-refractivity contribution is 1.15. The van der Waals surface area contributed by atoms with Crippen LogP contribution >= 0.6 is 21.6 Å². The molecule has 8 heavy (non-hydrogen) atoms. The van der Waals surface area contributed by atoms with Crippen LogP contribution < -0.4 is 0 Å². The smallest absolute Gasteiger partial charge is 0.0755 e. The zero-order chi connectivity index (χ0) is 5.98. The van der Waals surface area contributed by atoms with Crippen molar-refractivity contribution in [2.24, 2.45) is 0 Å². The lowest BCUT2D eigenvalue weighted by Crippen LogP contribution is -2.00. The Balaban J connectivity index is 2.40. The molecular formula is C4H6N2S2. The van der Waals surface area contributed by atoms with E-state index in [9.17, 15) is 0 Å². The average molecular weight is 146 g/mol. The zero-order valence-corrected chi connectivity index (χ0v) is 5.86. The van der Waals surface area contributed by atoms with Gasteiger partial charge < -0.3 is 0 Å². The summed E-state index contributed by atoms with van der Waals surface area (Å²) in [5.41, 5.74) is 0. The molecule has 2 N–H and O–H groups in total. The van der Waals surface area contributed by atoms with Crippen molar-refractivity contribution in [2.75, 3.05) is 0 Å². The molecule has 1 aliphatic heterocycles. The number of hydrogen-bond acceptors (Lipinski definition) is 4. The van der Waals surface area contributed by atoms with E-state index in [1.807, 2.05) is 0 Å². The molecule has 1 saturated heterocycles. The lowest BCUT2D eigenvalue weighted by atomic mass is 10.3. The normalized spacial score (nSPS) is 21.5. The molecule has 0 aromatic heterocycles. The molecule has 44 valence electrons. The summed E-state index contributed by atoms with van der Waals surface area (Å²) in [6.07, 6.45) is 1.55. The van der Waals surface area contributed by atoms with Crippen molar-refractivity contribution in [3.05, 3.63) is 0 Å². The predicted molar refractivity (Wildman–Crippen MR) is 39.9 cm³/mol. The third kappa shape index (κ3) is 1.52. The molecule has 1 rings (SSSR count). The Kier molecular flexibility index (Phi) is 1.96. The summed E-state index contributed by atoms with van der Waals surface area (Å²) >= 11 is 0. The molecule has 0 unspecified atom stereocenters. The van der Waals surface area contributed by atoms with Gasteiger partial charge in [-0.1, -0.05) is 0 Å². The molecule has 4 heteroatoms. The van der Waals surface area contributed by atoms with Crippen LogP contribution in [-0.2, 0) is 0 Å². The molecule has 0 saturated carbocycles. The molecule has 0 aromatic carbocycles. The molecule has 0 aromatic rings. The van der Waals surface area contributed by atoms with Gasteiger partial charge in [0.1, 0.15) is 0 Å². The Hall–Kier alpha value is 0.0400. The molecule has 0 aliphatic carbocycles. The largest absolute Gasteiger partial charge is 0.298 e. The molecule has 1 aliphatic rings. The van der Waals surface area contributed by atoms with Gasteiger partial charge in [-0.15, -0.1) is 0 Å². The third-order valence-electron chi connectivity index (χ3n) is 0.822. The highest BCUT2D eigenvalue weighted by molar-refractivity contribution is 8.87. The molecule has 0 radical (unpaired) electrons. The first-order valence-corrected chi connectivity index (χ1v) is 4.43. The van der Waals surface area contributed by atoms with E-state index in [-0.39, 0.29) is 0 Å². The van der Waals surface area contributed by atoms with Crippen LogP contribution in [0, 0.1) is 10.8 Å². The van der Waals surface area contributed by atoms with E-state index in [1.165, 1.54) is 21.6 Å². The minimum absolute atomic E-state index is 0.700. The van der Waals surface area contributed by atoms with Crippen molar-refractivity contribution in [1.82, 2.24) is 0 Å². The Labute approximate surface area is 55.8 Å². The van der Waals surface area contributed by atoms with E-state index in [2.05, 4.69) is 0 Å². The third-order valence-corrected chi connectivity index (χ3v) is 3.17. The van der Waals surface area contributed by atoms with Crippen LogP contribution in [0.1, 0.15) is 12.8 Å². The summed E-state index contributed by atoms with van der Waals surface area (Å²) in [6, 6.07) is 0. The van der Waals surface area contributed by atoms with Crippen molar-refractivity contribution < 1.29 is 0 Å². The monoisotopic (exact) mass is 146 g/mol. The zero-order valence-electron chi connectivity index (χ0n) is 4.23. The molecule has 1 fully saturated rings. The highest BCUT2D eigenvalue weighted by Gasteiger charge is 2.09. The molecule has 0 atom stereocenters. The molecule has 1 heterocycles.